The normalized spacial score (nSPS) is 9.43. The Morgan fingerprint density at radius 1 is 2.00 bits per heavy atom. The lowest BCUT2D eigenvalue weighted by atomic mass is 11.0. The molecule has 0 aromatic heterocycles. The molecule has 0 aromatic carbocycles. The summed E-state index contributed by atoms with van der Waals surface area (Å²) in [4.78, 5) is 3.59. The fourth-order valence-electron chi connectivity index (χ4n) is 0.135. The largest absolute Gasteiger partial charge is 0.338 e. The number of nitrogens with one attached hydrogen (secondary N) is 1. The highest BCUT2D eigenvalue weighted by Gasteiger charge is 1.72. The van der Waals surface area contributed by atoms with Crippen LogP contribution in [0.2, 0.25) is 0 Å². The highest BCUT2D eigenvalue weighted by Crippen LogP contribution is 1.84. The lowest BCUT2D eigenvalue weighted by Gasteiger charge is -1.88. The Morgan fingerprint density at radius 2 is 2.57 bits per heavy atom. The van der Waals surface area contributed by atoms with Crippen LogP contribution in [0.25, 0.3) is 0 Å². The molecule has 40 valence electrons. The zero-order chi connectivity index (χ0) is 5.70. The average molecular weight is 119 g/mol. The maximum absolute atomic E-state index is 5.26. The zero-order valence-electron chi connectivity index (χ0n) is 4.11. The van der Waals surface area contributed by atoms with Crippen LogP contribution in [0.3, 0.4) is 0 Å². The summed E-state index contributed by atoms with van der Waals surface area (Å²) >= 11 is 5.26. The van der Waals surface area contributed by atoms with E-state index in [4.69, 9.17) is 11.6 Å². The van der Waals surface area contributed by atoms with Crippen molar-refractivity contribution in [1.82, 2.24) is 5.32 Å². The predicted molar refractivity (Wildman–Crippen MR) is 32.5 cm³/mol. The minimum absolute atomic E-state index is 0.380. The van der Waals surface area contributed by atoms with Crippen LogP contribution in [0.1, 0.15) is 0 Å². The molecule has 0 atom stereocenters. The van der Waals surface area contributed by atoms with E-state index in [0.717, 1.165) is 0 Å². The van der Waals surface area contributed by atoms with Crippen LogP contribution in [-0.4, -0.2) is 13.4 Å². The Bertz CT molecular complexity index is 87.7. The molecule has 0 aliphatic carbocycles. The molecule has 0 fully saturated rings. The number of halogens is 1. The van der Waals surface area contributed by atoms with E-state index < -0.39 is 0 Å². The van der Waals surface area contributed by atoms with Crippen molar-refractivity contribution in [2.75, 3.05) is 7.05 Å². The Hall–Kier alpha value is -0.500. The van der Waals surface area contributed by atoms with Crippen molar-refractivity contribution in [2.24, 2.45) is 4.99 Å². The predicted octanol–water partition coefficient (Wildman–Crippen LogP) is 0.944. The second-order valence-electron chi connectivity index (χ2n) is 0.937. The van der Waals surface area contributed by atoms with Gasteiger partial charge in [-0.15, -0.1) is 0 Å². The van der Waals surface area contributed by atoms with Gasteiger partial charge in [0, 0.05) is 7.05 Å². The van der Waals surface area contributed by atoms with E-state index in [1.807, 2.05) is 0 Å². The van der Waals surface area contributed by atoms with Gasteiger partial charge in [0.1, 0.15) is 0 Å². The summed E-state index contributed by atoms with van der Waals surface area (Å²) in [7, 11) is 1.65. The highest BCUT2D eigenvalue weighted by molar-refractivity contribution is 6.29. The average Bonchev–Trinajstić information content (AvgIpc) is 1.61. The van der Waals surface area contributed by atoms with E-state index in [1.165, 1.54) is 6.34 Å². The van der Waals surface area contributed by atoms with Gasteiger partial charge < -0.3 is 5.32 Å². The lowest BCUT2D eigenvalue weighted by Crippen LogP contribution is -2.03. The molecular formula is C4H7ClN2. The molecule has 0 aliphatic rings. The molecule has 0 aromatic rings. The van der Waals surface area contributed by atoms with Crippen LogP contribution >= 0.6 is 11.6 Å². The monoisotopic (exact) mass is 118 g/mol. The molecule has 1 N–H and O–H groups in total. The van der Waals surface area contributed by atoms with Gasteiger partial charge >= 0.3 is 0 Å². The molecule has 7 heavy (non-hydrogen) atoms. The minimum Gasteiger partial charge on any atom is -0.338 e. The molecule has 0 spiro atoms. The van der Waals surface area contributed by atoms with Crippen LogP contribution in [0.5, 0.6) is 0 Å². The standard InChI is InChI=1S/C4H7ClN2/c1-4(5)7-3-6-2/h3H,1H2,2H3,(H,6,7). The number of rotatable bonds is 2. The molecule has 0 amide bonds. The van der Waals surface area contributed by atoms with E-state index in [-0.39, 0.29) is 0 Å². The van der Waals surface area contributed by atoms with Gasteiger partial charge in [0.25, 0.3) is 0 Å². The maximum Gasteiger partial charge on any atom is 0.0995 e. The molecule has 0 saturated carbocycles. The number of nitrogens with zero attached hydrogens (tertiary/aromatic N) is 1. The SMILES string of the molecule is C=C(Cl)NC=NC. The first-order valence-corrected chi connectivity index (χ1v) is 2.16. The Morgan fingerprint density at radius 3 is 2.71 bits per heavy atom. The lowest BCUT2D eigenvalue weighted by molar-refractivity contribution is 1.26. The van der Waals surface area contributed by atoms with Gasteiger partial charge in [0.15, 0.2) is 0 Å². The van der Waals surface area contributed by atoms with Crippen molar-refractivity contribution in [2.45, 2.75) is 0 Å². The van der Waals surface area contributed by atoms with Gasteiger partial charge in [-0.3, -0.25) is 4.99 Å². The van der Waals surface area contributed by atoms with E-state index in [0.29, 0.717) is 5.16 Å². The van der Waals surface area contributed by atoms with E-state index >= 15 is 0 Å². The molecular weight excluding hydrogens is 112 g/mol. The third kappa shape index (κ3) is 5.50. The van der Waals surface area contributed by atoms with Crippen LogP contribution in [0.4, 0.5) is 0 Å². The zero-order valence-corrected chi connectivity index (χ0v) is 4.87. The number of aliphatic imine (C=N–C) groups is 1. The van der Waals surface area contributed by atoms with E-state index in [2.05, 4.69) is 16.9 Å². The maximum atomic E-state index is 5.26. The Labute approximate surface area is 47.9 Å². The second kappa shape index (κ2) is 3.68. The fraction of sp³-hybridized carbons (Fsp3) is 0.250. The third-order valence-corrected chi connectivity index (χ3v) is 0.459. The number of hydrogen-bond acceptors (Lipinski definition) is 1. The molecule has 3 heteroatoms. The van der Waals surface area contributed by atoms with E-state index in [1.54, 1.807) is 7.05 Å². The summed E-state index contributed by atoms with van der Waals surface area (Å²) in [6, 6.07) is 0. The molecule has 0 radical (unpaired) electrons. The van der Waals surface area contributed by atoms with E-state index in [9.17, 15) is 0 Å². The molecule has 0 heterocycles. The first kappa shape index (κ1) is 6.50. The van der Waals surface area contributed by atoms with Crippen molar-refractivity contribution >= 4 is 17.9 Å². The van der Waals surface area contributed by atoms with Crippen molar-refractivity contribution in [3.63, 3.8) is 0 Å². The summed E-state index contributed by atoms with van der Waals surface area (Å²) < 4.78 is 0. The van der Waals surface area contributed by atoms with Crippen molar-refractivity contribution in [1.29, 1.82) is 0 Å². The molecule has 2 nitrogen and oxygen atoms in total. The van der Waals surface area contributed by atoms with Crippen molar-refractivity contribution in [3.8, 4) is 0 Å². The van der Waals surface area contributed by atoms with Crippen LogP contribution in [-0.2, 0) is 0 Å². The van der Waals surface area contributed by atoms with Crippen molar-refractivity contribution in [3.05, 3.63) is 11.7 Å². The second-order valence-corrected chi connectivity index (χ2v) is 1.39. The van der Waals surface area contributed by atoms with Gasteiger partial charge in [-0.2, -0.15) is 0 Å². The highest BCUT2D eigenvalue weighted by atomic mass is 35.5. The van der Waals surface area contributed by atoms with Gasteiger partial charge in [-0.25, -0.2) is 0 Å². The molecule has 0 bridgehead atoms. The van der Waals surface area contributed by atoms with Crippen LogP contribution in [0, 0.1) is 0 Å². The third-order valence-electron chi connectivity index (χ3n) is 0.350. The summed E-state index contributed by atoms with van der Waals surface area (Å²) in [5.74, 6) is 0. The molecule has 0 unspecified atom stereocenters. The minimum atomic E-state index is 0.380. The van der Waals surface area contributed by atoms with Gasteiger partial charge in [-0.1, -0.05) is 18.2 Å². The van der Waals surface area contributed by atoms with Crippen molar-refractivity contribution < 1.29 is 0 Å². The van der Waals surface area contributed by atoms with Gasteiger partial charge in [0.05, 0.1) is 11.5 Å². The van der Waals surface area contributed by atoms with Gasteiger partial charge in [-0.05, 0) is 0 Å². The topological polar surface area (TPSA) is 24.4 Å². The quantitative estimate of drug-likeness (QED) is 0.326. The first-order chi connectivity index (χ1) is 3.27. The molecule has 0 rings (SSSR count). The smallest absolute Gasteiger partial charge is 0.0995 e. The number of hydrogen-bond donors (Lipinski definition) is 1. The summed E-state index contributed by atoms with van der Waals surface area (Å²) in [6.07, 6.45) is 1.47. The van der Waals surface area contributed by atoms with Crippen LogP contribution in [0.15, 0.2) is 16.7 Å². The Balaban J connectivity index is 3.14. The molecule has 0 saturated heterocycles. The summed E-state index contributed by atoms with van der Waals surface area (Å²) in [5, 5.41) is 2.95. The summed E-state index contributed by atoms with van der Waals surface area (Å²) in [6.45, 7) is 3.36. The summed E-state index contributed by atoms with van der Waals surface area (Å²) in [5.41, 5.74) is 0. The van der Waals surface area contributed by atoms with Gasteiger partial charge in [0.2, 0.25) is 0 Å². The Kier molecular flexibility index (Phi) is 3.42. The first-order valence-electron chi connectivity index (χ1n) is 1.79. The van der Waals surface area contributed by atoms with Crippen LogP contribution < -0.4 is 5.32 Å². The molecule has 0 aliphatic heterocycles. The fourth-order valence-corrected chi connectivity index (χ4v) is 0.183.